The summed E-state index contributed by atoms with van der Waals surface area (Å²) < 4.78 is 33.5. The predicted molar refractivity (Wildman–Crippen MR) is 128 cm³/mol. The minimum atomic E-state index is -1.34. The van der Waals surface area contributed by atoms with Gasteiger partial charge in [-0.3, -0.25) is 14.4 Å². The first kappa shape index (κ1) is 26.2. The van der Waals surface area contributed by atoms with E-state index >= 15 is 4.39 Å². The lowest BCUT2D eigenvalue weighted by molar-refractivity contribution is -0.261. The number of hydrogen-bond donors (Lipinski definition) is 0. The van der Waals surface area contributed by atoms with Gasteiger partial charge >= 0.3 is 17.9 Å². The second-order valence-corrected chi connectivity index (χ2v) is 12.1. The topological polar surface area (TPSA) is 78.9 Å². The van der Waals surface area contributed by atoms with Gasteiger partial charge in [0.2, 0.25) is 0 Å². The Hall–Kier alpha value is -1.92. The highest BCUT2D eigenvalue weighted by atomic mass is 19.1. The van der Waals surface area contributed by atoms with E-state index in [0.29, 0.717) is 25.0 Å². The molecule has 4 saturated carbocycles. The van der Waals surface area contributed by atoms with Crippen LogP contribution in [0.4, 0.5) is 4.39 Å². The van der Waals surface area contributed by atoms with Gasteiger partial charge < -0.3 is 14.2 Å². The van der Waals surface area contributed by atoms with Crippen molar-refractivity contribution in [2.75, 3.05) is 0 Å². The number of hydrogen-bond acceptors (Lipinski definition) is 6. The molecule has 0 radical (unpaired) electrons. The summed E-state index contributed by atoms with van der Waals surface area (Å²) in [6.45, 7) is 12.6. The van der Waals surface area contributed by atoms with Crippen LogP contribution < -0.4 is 0 Å². The van der Waals surface area contributed by atoms with Crippen molar-refractivity contribution in [2.45, 2.75) is 111 Å². The number of fused-ring (bicyclic) bond motifs is 5. The molecule has 0 saturated heterocycles. The minimum absolute atomic E-state index is 0.146. The minimum Gasteiger partial charge on any atom is -0.462 e. The maximum atomic E-state index is 16.5. The molecule has 0 heterocycles. The summed E-state index contributed by atoms with van der Waals surface area (Å²) in [7, 11) is 0. The summed E-state index contributed by atoms with van der Waals surface area (Å²) in [5.41, 5.74) is -0.776. The molecule has 4 rings (SSSR count). The Morgan fingerprint density at radius 3 is 2.20 bits per heavy atom. The van der Waals surface area contributed by atoms with Gasteiger partial charge in [0.1, 0.15) is 18.0 Å². The summed E-state index contributed by atoms with van der Waals surface area (Å²) in [6.07, 6.45) is 2.80. The van der Waals surface area contributed by atoms with Gasteiger partial charge in [0.05, 0.1) is 0 Å². The van der Waals surface area contributed by atoms with E-state index in [9.17, 15) is 14.4 Å². The molecule has 9 atom stereocenters. The van der Waals surface area contributed by atoms with Crippen molar-refractivity contribution in [3.63, 3.8) is 0 Å². The zero-order valence-electron chi connectivity index (χ0n) is 22.2. The molecule has 0 unspecified atom stereocenters. The van der Waals surface area contributed by atoms with Crippen molar-refractivity contribution >= 4 is 17.9 Å². The molecule has 4 aliphatic rings. The number of alkyl halides is 1. The molecular formula is C28H41FO6. The second kappa shape index (κ2) is 8.88. The lowest BCUT2D eigenvalue weighted by Crippen LogP contribution is -2.69. The van der Waals surface area contributed by atoms with Gasteiger partial charge in [-0.25, -0.2) is 4.39 Å². The molecule has 0 spiro atoms. The quantitative estimate of drug-likeness (QED) is 0.287. The Labute approximate surface area is 208 Å². The fraction of sp³-hybridized carbons (Fsp3) is 0.821. The summed E-state index contributed by atoms with van der Waals surface area (Å²) in [6, 6.07) is 0. The Balaban J connectivity index is 1.72. The third-order valence-corrected chi connectivity index (χ3v) is 10.2. The number of carbonyl (C=O) groups is 3. The van der Waals surface area contributed by atoms with E-state index in [-0.39, 0.29) is 41.5 Å². The summed E-state index contributed by atoms with van der Waals surface area (Å²) in [5, 5.41) is 0. The lowest BCUT2D eigenvalue weighted by Gasteiger charge is -2.65. The normalized spacial score (nSPS) is 45.9. The van der Waals surface area contributed by atoms with E-state index in [1.807, 2.05) is 6.92 Å². The fourth-order valence-electron chi connectivity index (χ4n) is 9.15. The maximum Gasteiger partial charge on any atom is 0.307 e. The van der Waals surface area contributed by atoms with Crippen LogP contribution in [0.3, 0.4) is 0 Å². The molecule has 4 fully saturated rings. The van der Waals surface area contributed by atoms with Gasteiger partial charge in [0.15, 0.2) is 5.60 Å². The van der Waals surface area contributed by atoms with E-state index in [2.05, 4.69) is 20.8 Å². The van der Waals surface area contributed by atoms with Crippen molar-refractivity contribution in [1.29, 1.82) is 0 Å². The van der Waals surface area contributed by atoms with E-state index in [1.54, 1.807) is 0 Å². The molecular weight excluding hydrogens is 451 g/mol. The summed E-state index contributed by atoms with van der Waals surface area (Å²) >= 11 is 0. The molecule has 4 aliphatic carbocycles. The maximum absolute atomic E-state index is 16.5. The average Bonchev–Trinajstić information content (AvgIpc) is 2.99. The van der Waals surface area contributed by atoms with Crippen molar-refractivity contribution in [1.82, 2.24) is 0 Å². The van der Waals surface area contributed by atoms with Crippen molar-refractivity contribution in [3.8, 4) is 0 Å². The number of rotatable bonds is 3. The van der Waals surface area contributed by atoms with Crippen LogP contribution in [-0.2, 0) is 28.6 Å². The SMILES string of the molecule is CC(=O)O/C(C)=C1\[C@H](C)C[C@H]2[C@@H]3C[C@@H](F)[C@@]4(OC(C)=O)C[C@@H](OC(C)=O)CC[C@]4(C)[C@H]3CC[C@]12C. The Morgan fingerprint density at radius 1 is 0.914 bits per heavy atom. The number of carbonyl (C=O) groups excluding carboxylic acids is 3. The van der Waals surface area contributed by atoms with Gasteiger partial charge in [-0.15, -0.1) is 0 Å². The highest BCUT2D eigenvalue weighted by Gasteiger charge is 2.70. The number of allylic oxidation sites excluding steroid dienone is 2. The molecule has 0 bridgehead atoms. The molecule has 0 amide bonds. The van der Waals surface area contributed by atoms with Crippen LogP contribution >= 0.6 is 0 Å². The molecule has 6 nitrogen and oxygen atoms in total. The summed E-state index contributed by atoms with van der Waals surface area (Å²) in [5.74, 6) is 0.381. The molecule has 0 N–H and O–H groups in total. The Bertz CT molecular complexity index is 944. The molecule has 35 heavy (non-hydrogen) atoms. The standard InChI is InChI=1S/C28H41FO6/c1-15-12-23-21-13-24(29)28(35-19(5)32)14-20(34-18(4)31)8-11-27(28,7)22(21)9-10-26(23,6)25(15)16(2)33-17(3)30/h15,20-24H,8-14H2,1-7H3/b25-16+/t15-,20+,21-,22+,23+,24-,26+,27-,28+/m1/s1. The van der Waals surface area contributed by atoms with Gasteiger partial charge in [-0.05, 0) is 80.1 Å². The number of halogens is 1. The first-order valence-corrected chi connectivity index (χ1v) is 13.2. The molecule has 7 heteroatoms. The van der Waals surface area contributed by atoms with E-state index in [1.165, 1.54) is 26.3 Å². The zero-order chi connectivity index (χ0) is 25.9. The van der Waals surface area contributed by atoms with Gasteiger partial charge in [0, 0.05) is 32.6 Å². The third-order valence-electron chi connectivity index (χ3n) is 10.2. The number of esters is 3. The van der Waals surface area contributed by atoms with Crippen LogP contribution in [0.15, 0.2) is 11.3 Å². The smallest absolute Gasteiger partial charge is 0.307 e. The highest BCUT2D eigenvalue weighted by molar-refractivity contribution is 5.68. The molecule has 196 valence electrons. The Morgan fingerprint density at radius 2 is 1.60 bits per heavy atom. The third kappa shape index (κ3) is 4.01. The van der Waals surface area contributed by atoms with Crippen LogP contribution in [0.5, 0.6) is 0 Å². The van der Waals surface area contributed by atoms with Gasteiger partial charge in [-0.1, -0.05) is 20.8 Å². The Kier molecular flexibility index (Phi) is 6.63. The van der Waals surface area contributed by atoms with Crippen LogP contribution in [0.25, 0.3) is 0 Å². The first-order chi connectivity index (χ1) is 16.2. The van der Waals surface area contributed by atoms with E-state index in [4.69, 9.17) is 14.2 Å². The van der Waals surface area contributed by atoms with Gasteiger partial charge in [-0.2, -0.15) is 0 Å². The van der Waals surface area contributed by atoms with Gasteiger partial charge in [0.25, 0.3) is 0 Å². The van der Waals surface area contributed by atoms with E-state index < -0.39 is 35.2 Å². The largest absolute Gasteiger partial charge is 0.462 e. The molecule has 0 aliphatic heterocycles. The second-order valence-electron chi connectivity index (χ2n) is 12.1. The van der Waals surface area contributed by atoms with Crippen molar-refractivity contribution < 1.29 is 33.0 Å². The van der Waals surface area contributed by atoms with Crippen LogP contribution in [0.1, 0.15) is 93.4 Å². The monoisotopic (exact) mass is 492 g/mol. The highest BCUT2D eigenvalue weighted by Crippen LogP contribution is 2.70. The van der Waals surface area contributed by atoms with E-state index in [0.717, 1.165) is 19.3 Å². The lowest BCUT2D eigenvalue weighted by atomic mass is 9.43. The molecule has 0 aromatic heterocycles. The van der Waals surface area contributed by atoms with Crippen molar-refractivity contribution in [2.24, 2.45) is 34.5 Å². The van der Waals surface area contributed by atoms with Crippen LogP contribution in [0.2, 0.25) is 0 Å². The average molecular weight is 493 g/mol. The summed E-state index contributed by atoms with van der Waals surface area (Å²) in [4.78, 5) is 35.6. The van der Waals surface area contributed by atoms with Crippen LogP contribution in [-0.4, -0.2) is 35.8 Å². The van der Waals surface area contributed by atoms with Crippen LogP contribution in [0, 0.1) is 34.5 Å². The fourth-order valence-corrected chi connectivity index (χ4v) is 9.15. The molecule has 0 aromatic carbocycles. The predicted octanol–water partition coefficient (Wildman–Crippen LogP) is 5.68. The van der Waals surface area contributed by atoms with Crippen molar-refractivity contribution in [3.05, 3.63) is 11.3 Å². The molecule has 0 aromatic rings. The first-order valence-electron chi connectivity index (χ1n) is 13.2. The zero-order valence-corrected chi connectivity index (χ0v) is 22.2. The number of ether oxygens (including phenoxy) is 3.